The van der Waals surface area contributed by atoms with Gasteiger partial charge >= 0.3 is 0 Å². The van der Waals surface area contributed by atoms with Crippen LogP contribution in [-0.4, -0.2) is 72.0 Å². The number of hydrogen-bond donors (Lipinski definition) is 0. The van der Waals surface area contributed by atoms with Gasteiger partial charge in [-0.3, -0.25) is 9.48 Å². The number of carbonyl (C=O) groups is 1. The van der Waals surface area contributed by atoms with E-state index in [1.807, 2.05) is 85.6 Å². The quantitative estimate of drug-likeness (QED) is 0.391. The Kier molecular flexibility index (Phi) is 5.40. The molecule has 6 rings (SSSR count). The maximum absolute atomic E-state index is 13.8. The number of nitrogens with zero attached hydrogens (tertiary/aromatic N) is 9. The van der Waals surface area contributed by atoms with E-state index in [4.69, 9.17) is 4.98 Å². The van der Waals surface area contributed by atoms with Crippen LogP contribution in [0.4, 0.5) is 5.95 Å². The van der Waals surface area contributed by atoms with Crippen molar-refractivity contribution in [2.75, 3.05) is 31.1 Å². The van der Waals surface area contributed by atoms with Gasteiger partial charge in [0.25, 0.3) is 5.91 Å². The van der Waals surface area contributed by atoms with Crippen LogP contribution >= 0.6 is 0 Å². The first kappa shape index (κ1) is 21.9. The SMILES string of the molecule is Cc1nn(C)c2nc(-c3ccccc3)cc(C(=O)N3CCN(c4nnnn4-c4ccccc4)CC3)c12. The fourth-order valence-electron chi connectivity index (χ4n) is 4.77. The first-order valence-electron chi connectivity index (χ1n) is 11.9. The van der Waals surface area contributed by atoms with Gasteiger partial charge in [-0.25, -0.2) is 4.98 Å². The smallest absolute Gasteiger partial charge is 0.254 e. The Labute approximate surface area is 207 Å². The average molecular weight is 480 g/mol. The molecule has 0 N–H and O–H groups in total. The highest BCUT2D eigenvalue weighted by molar-refractivity contribution is 6.07. The number of anilines is 1. The van der Waals surface area contributed by atoms with Crippen molar-refractivity contribution < 1.29 is 4.79 Å². The van der Waals surface area contributed by atoms with Crippen molar-refractivity contribution in [3.05, 3.63) is 78.0 Å². The molecule has 10 heteroatoms. The number of hydrogen-bond acceptors (Lipinski definition) is 7. The van der Waals surface area contributed by atoms with Crippen LogP contribution in [0.3, 0.4) is 0 Å². The monoisotopic (exact) mass is 479 g/mol. The van der Waals surface area contributed by atoms with E-state index < -0.39 is 0 Å². The summed E-state index contributed by atoms with van der Waals surface area (Å²) in [6.45, 7) is 4.30. The molecule has 0 saturated carbocycles. The Morgan fingerprint density at radius 3 is 2.33 bits per heavy atom. The molecule has 1 aliphatic rings. The number of amides is 1. The highest BCUT2D eigenvalue weighted by atomic mass is 16.2. The molecular formula is C26H25N9O. The van der Waals surface area contributed by atoms with Crippen molar-refractivity contribution in [3.8, 4) is 16.9 Å². The summed E-state index contributed by atoms with van der Waals surface area (Å²) in [6, 6.07) is 21.6. The van der Waals surface area contributed by atoms with E-state index in [-0.39, 0.29) is 5.91 Å². The summed E-state index contributed by atoms with van der Waals surface area (Å²) >= 11 is 0. The Morgan fingerprint density at radius 1 is 0.917 bits per heavy atom. The third-order valence-corrected chi connectivity index (χ3v) is 6.57. The minimum Gasteiger partial charge on any atom is -0.336 e. The van der Waals surface area contributed by atoms with Crippen molar-refractivity contribution in [3.63, 3.8) is 0 Å². The maximum atomic E-state index is 13.8. The standard InChI is InChI=1S/C26H25N9O/c1-18-23-21(17-22(19-9-5-3-6-10-19)27-24(23)32(2)29-18)25(36)33-13-15-34(16-14-33)26-28-30-31-35(26)20-11-7-4-8-12-20/h3-12,17H,13-16H2,1-2H3. The molecule has 36 heavy (non-hydrogen) atoms. The number of rotatable bonds is 4. The van der Waals surface area contributed by atoms with Gasteiger partial charge in [-0.05, 0) is 35.5 Å². The van der Waals surface area contributed by atoms with Gasteiger partial charge in [-0.15, -0.1) is 0 Å². The summed E-state index contributed by atoms with van der Waals surface area (Å²) in [5, 5.41) is 17.7. The van der Waals surface area contributed by atoms with Gasteiger partial charge in [0.2, 0.25) is 5.95 Å². The number of pyridine rings is 1. The van der Waals surface area contributed by atoms with Crippen LogP contribution in [0.1, 0.15) is 16.1 Å². The maximum Gasteiger partial charge on any atom is 0.254 e. The van der Waals surface area contributed by atoms with E-state index in [1.54, 1.807) is 9.36 Å². The lowest BCUT2D eigenvalue weighted by atomic mass is 10.0. The van der Waals surface area contributed by atoms with Crippen LogP contribution < -0.4 is 4.90 Å². The molecule has 0 atom stereocenters. The van der Waals surface area contributed by atoms with Crippen LogP contribution in [0.5, 0.6) is 0 Å². The van der Waals surface area contributed by atoms with E-state index in [2.05, 4.69) is 25.5 Å². The molecule has 5 aromatic rings. The topological polar surface area (TPSA) is 97.9 Å². The first-order chi connectivity index (χ1) is 17.6. The second-order valence-corrected chi connectivity index (χ2v) is 8.83. The van der Waals surface area contributed by atoms with Crippen LogP contribution in [-0.2, 0) is 7.05 Å². The van der Waals surface area contributed by atoms with E-state index in [0.717, 1.165) is 28.0 Å². The fraction of sp³-hybridized carbons (Fsp3) is 0.231. The summed E-state index contributed by atoms with van der Waals surface area (Å²) in [5.74, 6) is 0.659. The van der Waals surface area contributed by atoms with Crippen molar-refractivity contribution >= 4 is 22.9 Å². The minimum absolute atomic E-state index is 0.0158. The molecule has 0 spiro atoms. The Hall–Kier alpha value is -4.60. The molecule has 1 amide bonds. The van der Waals surface area contributed by atoms with E-state index in [0.29, 0.717) is 43.3 Å². The number of tetrazole rings is 1. The largest absolute Gasteiger partial charge is 0.336 e. The molecule has 1 saturated heterocycles. The van der Waals surface area contributed by atoms with Crippen LogP contribution in [0, 0.1) is 6.92 Å². The number of carbonyl (C=O) groups excluding carboxylic acids is 1. The molecular weight excluding hydrogens is 454 g/mol. The van der Waals surface area contributed by atoms with Crippen molar-refractivity contribution in [1.82, 2.24) is 39.9 Å². The molecule has 1 aliphatic heterocycles. The lowest BCUT2D eigenvalue weighted by molar-refractivity contribution is 0.0748. The Balaban J connectivity index is 1.29. The molecule has 10 nitrogen and oxygen atoms in total. The van der Waals surface area contributed by atoms with Gasteiger partial charge in [0, 0.05) is 38.8 Å². The molecule has 4 heterocycles. The van der Waals surface area contributed by atoms with E-state index in [1.165, 1.54) is 0 Å². The van der Waals surface area contributed by atoms with Gasteiger partial charge < -0.3 is 9.80 Å². The second kappa shape index (κ2) is 8.88. The number of aromatic nitrogens is 7. The van der Waals surface area contributed by atoms with Gasteiger partial charge in [0.05, 0.1) is 28.0 Å². The highest BCUT2D eigenvalue weighted by Gasteiger charge is 2.28. The molecule has 1 fully saturated rings. The zero-order valence-electron chi connectivity index (χ0n) is 20.1. The van der Waals surface area contributed by atoms with Crippen LogP contribution in [0.2, 0.25) is 0 Å². The number of piperazine rings is 1. The summed E-state index contributed by atoms with van der Waals surface area (Å²) in [6.07, 6.45) is 0. The minimum atomic E-state index is -0.0158. The van der Waals surface area contributed by atoms with Gasteiger partial charge in [0.1, 0.15) is 0 Å². The van der Waals surface area contributed by atoms with Gasteiger partial charge in [-0.2, -0.15) is 9.78 Å². The summed E-state index contributed by atoms with van der Waals surface area (Å²) < 4.78 is 3.48. The van der Waals surface area contributed by atoms with Crippen molar-refractivity contribution in [1.29, 1.82) is 0 Å². The first-order valence-corrected chi connectivity index (χ1v) is 11.9. The van der Waals surface area contributed by atoms with Crippen molar-refractivity contribution in [2.24, 2.45) is 7.05 Å². The van der Waals surface area contributed by atoms with Gasteiger partial charge in [-0.1, -0.05) is 53.6 Å². The predicted molar refractivity (Wildman–Crippen MR) is 136 cm³/mol. The number of benzene rings is 2. The predicted octanol–water partition coefficient (Wildman–Crippen LogP) is 2.88. The molecule has 0 aliphatic carbocycles. The number of para-hydroxylation sites is 1. The third kappa shape index (κ3) is 3.76. The number of aryl methyl sites for hydroxylation is 2. The van der Waals surface area contributed by atoms with Gasteiger partial charge in [0.15, 0.2) is 5.65 Å². The molecule has 2 aromatic carbocycles. The van der Waals surface area contributed by atoms with Crippen LogP contribution in [0.15, 0.2) is 66.7 Å². The second-order valence-electron chi connectivity index (χ2n) is 8.83. The van der Waals surface area contributed by atoms with E-state index >= 15 is 0 Å². The zero-order chi connectivity index (χ0) is 24.6. The average Bonchev–Trinajstić information content (AvgIpc) is 3.53. The molecule has 0 bridgehead atoms. The zero-order valence-corrected chi connectivity index (χ0v) is 20.1. The Morgan fingerprint density at radius 2 is 1.61 bits per heavy atom. The Bertz CT molecular complexity index is 1530. The number of fused-ring (bicyclic) bond motifs is 1. The lowest BCUT2D eigenvalue weighted by Gasteiger charge is -2.35. The highest BCUT2D eigenvalue weighted by Crippen LogP contribution is 2.28. The summed E-state index contributed by atoms with van der Waals surface area (Å²) in [5.41, 5.74) is 4.75. The van der Waals surface area contributed by atoms with E-state index in [9.17, 15) is 4.79 Å². The molecule has 3 aromatic heterocycles. The third-order valence-electron chi connectivity index (χ3n) is 6.57. The normalized spacial score (nSPS) is 13.9. The van der Waals surface area contributed by atoms with Crippen molar-refractivity contribution in [2.45, 2.75) is 6.92 Å². The molecule has 180 valence electrons. The molecule has 0 unspecified atom stereocenters. The molecule has 0 radical (unpaired) electrons. The summed E-state index contributed by atoms with van der Waals surface area (Å²) in [4.78, 5) is 22.7. The lowest BCUT2D eigenvalue weighted by Crippen LogP contribution is -2.49. The van der Waals surface area contributed by atoms with Crippen LogP contribution in [0.25, 0.3) is 28.0 Å². The summed E-state index contributed by atoms with van der Waals surface area (Å²) in [7, 11) is 1.86. The fourth-order valence-corrected chi connectivity index (χ4v) is 4.77.